The van der Waals surface area contributed by atoms with Crippen LogP contribution in [-0.2, 0) is 0 Å². The molecule has 0 spiro atoms. The van der Waals surface area contributed by atoms with Gasteiger partial charge in [-0.25, -0.2) is 4.39 Å². The fourth-order valence-electron chi connectivity index (χ4n) is 1.63. The Morgan fingerprint density at radius 2 is 1.85 bits per heavy atom. The summed E-state index contributed by atoms with van der Waals surface area (Å²) >= 11 is 0. The van der Waals surface area contributed by atoms with E-state index in [-0.39, 0.29) is 17.3 Å². The molecule has 0 aromatic heterocycles. The van der Waals surface area contributed by atoms with Gasteiger partial charge < -0.3 is 0 Å². The second-order valence-corrected chi connectivity index (χ2v) is 4.06. The minimum atomic E-state index is -0.531. The molecule has 4 nitrogen and oxygen atoms in total. The molecule has 0 unspecified atom stereocenters. The zero-order valence-electron chi connectivity index (χ0n) is 10.3. The van der Waals surface area contributed by atoms with Crippen LogP contribution in [0.4, 0.5) is 10.1 Å². The molecule has 0 atom stereocenters. The largest absolute Gasteiger partial charge is 0.289 e. The SMILES string of the molecule is O=C(/C=C\c1cccc(F)c1)c1ccc([N+](=O)[O-])cc1. The monoisotopic (exact) mass is 271 g/mol. The van der Waals surface area contributed by atoms with E-state index >= 15 is 0 Å². The Morgan fingerprint density at radius 3 is 2.45 bits per heavy atom. The Bertz CT molecular complexity index is 678. The molecule has 0 bridgehead atoms. The maximum atomic E-state index is 13.0. The van der Waals surface area contributed by atoms with Crippen molar-refractivity contribution in [1.29, 1.82) is 0 Å². The van der Waals surface area contributed by atoms with Crippen molar-refractivity contribution in [2.24, 2.45) is 0 Å². The van der Waals surface area contributed by atoms with E-state index in [1.54, 1.807) is 12.1 Å². The van der Waals surface area contributed by atoms with Crippen molar-refractivity contribution in [3.63, 3.8) is 0 Å². The van der Waals surface area contributed by atoms with E-state index in [0.717, 1.165) is 0 Å². The molecule has 0 saturated heterocycles. The first-order valence-electron chi connectivity index (χ1n) is 5.79. The first-order valence-corrected chi connectivity index (χ1v) is 5.79. The molecule has 0 fully saturated rings. The number of ketones is 1. The van der Waals surface area contributed by atoms with Crippen LogP contribution in [0.25, 0.3) is 6.08 Å². The molecule has 0 radical (unpaired) electrons. The number of nitro groups is 1. The predicted molar refractivity (Wildman–Crippen MR) is 72.9 cm³/mol. The van der Waals surface area contributed by atoms with Gasteiger partial charge in [-0.2, -0.15) is 0 Å². The molecule has 100 valence electrons. The van der Waals surface area contributed by atoms with Crippen molar-refractivity contribution in [1.82, 2.24) is 0 Å². The molecule has 0 N–H and O–H groups in total. The number of hydrogen-bond donors (Lipinski definition) is 0. The number of rotatable bonds is 4. The smallest absolute Gasteiger partial charge is 0.269 e. The van der Waals surface area contributed by atoms with Crippen LogP contribution in [0.1, 0.15) is 15.9 Å². The van der Waals surface area contributed by atoms with Crippen LogP contribution in [0.2, 0.25) is 0 Å². The number of halogens is 1. The highest BCUT2D eigenvalue weighted by molar-refractivity contribution is 6.06. The molecular weight excluding hydrogens is 261 g/mol. The van der Waals surface area contributed by atoms with E-state index in [0.29, 0.717) is 11.1 Å². The number of carbonyl (C=O) groups is 1. The van der Waals surface area contributed by atoms with E-state index in [4.69, 9.17) is 0 Å². The summed E-state index contributed by atoms with van der Waals surface area (Å²) in [5.41, 5.74) is 0.833. The Morgan fingerprint density at radius 1 is 1.15 bits per heavy atom. The summed E-state index contributed by atoms with van der Waals surface area (Å²) < 4.78 is 13.0. The van der Waals surface area contributed by atoms with Gasteiger partial charge in [-0.05, 0) is 35.9 Å². The lowest BCUT2D eigenvalue weighted by molar-refractivity contribution is -0.384. The van der Waals surface area contributed by atoms with E-state index in [9.17, 15) is 19.3 Å². The number of carbonyl (C=O) groups excluding carboxylic acids is 1. The van der Waals surface area contributed by atoms with Gasteiger partial charge in [-0.1, -0.05) is 18.2 Å². The summed E-state index contributed by atoms with van der Waals surface area (Å²) in [5, 5.41) is 10.5. The van der Waals surface area contributed by atoms with Gasteiger partial charge in [0.05, 0.1) is 4.92 Å². The first kappa shape index (κ1) is 13.6. The fourth-order valence-corrected chi connectivity index (χ4v) is 1.63. The van der Waals surface area contributed by atoms with Gasteiger partial charge in [0.25, 0.3) is 5.69 Å². The number of nitrogens with zero attached hydrogens (tertiary/aromatic N) is 1. The van der Waals surface area contributed by atoms with Crippen molar-refractivity contribution < 1.29 is 14.1 Å². The highest BCUT2D eigenvalue weighted by Crippen LogP contribution is 2.13. The Hall–Kier alpha value is -2.82. The van der Waals surface area contributed by atoms with Crippen molar-refractivity contribution in [3.8, 4) is 0 Å². The Kier molecular flexibility index (Phi) is 4.00. The third-order valence-electron chi connectivity index (χ3n) is 2.64. The highest BCUT2D eigenvalue weighted by atomic mass is 19.1. The van der Waals surface area contributed by atoms with Gasteiger partial charge in [0.15, 0.2) is 5.78 Å². The molecule has 0 saturated carbocycles. The normalized spacial score (nSPS) is 10.7. The van der Waals surface area contributed by atoms with E-state index in [2.05, 4.69) is 0 Å². The van der Waals surface area contributed by atoms with Gasteiger partial charge in [0.1, 0.15) is 5.82 Å². The molecule has 2 aromatic rings. The van der Waals surface area contributed by atoms with E-state index in [1.165, 1.54) is 48.6 Å². The lowest BCUT2D eigenvalue weighted by atomic mass is 10.1. The lowest BCUT2D eigenvalue weighted by Gasteiger charge is -1.96. The number of non-ortho nitro benzene ring substituents is 1. The van der Waals surface area contributed by atoms with E-state index in [1.807, 2.05) is 0 Å². The standard InChI is InChI=1S/C15H10FNO3/c16-13-3-1-2-11(10-13)4-9-15(18)12-5-7-14(8-6-12)17(19)20/h1-10H/b9-4-. The molecule has 20 heavy (non-hydrogen) atoms. The zero-order chi connectivity index (χ0) is 14.5. The quantitative estimate of drug-likeness (QED) is 0.369. The number of allylic oxidation sites excluding steroid dienone is 1. The van der Waals surface area contributed by atoms with E-state index < -0.39 is 4.92 Å². The van der Waals surface area contributed by atoms with Crippen LogP contribution >= 0.6 is 0 Å². The minimum absolute atomic E-state index is 0.0735. The molecule has 0 aliphatic rings. The topological polar surface area (TPSA) is 60.2 Å². The summed E-state index contributed by atoms with van der Waals surface area (Å²) in [6, 6.07) is 11.1. The number of benzene rings is 2. The summed E-state index contributed by atoms with van der Waals surface area (Å²) in [4.78, 5) is 21.8. The Labute approximate surface area is 114 Å². The number of nitro benzene ring substituents is 1. The van der Waals surface area contributed by atoms with Crippen LogP contribution in [0.3, 0.4) is 0 Å². The van der Waals surface area contributed by atoms with Crippen LogP contribution < -0.4 is 0 Å². The van der Waals surface area contributed by atoms with Crippen LogP contribution in [0.5, 0.6) is 0 Å². The summed E-state index contributed by atoms with van der Waals surface area (Å²) in [5.74, 6) is -0.681. The molecule has 0 amide bonds. The van der Waals surface area contributed by atoms with Crippen LogP contribution in [-0.4, -0.2) is 10.7 Å². The van der Waals surface area contributed by atoms with Crippen LogP contribution in [0, 0.1) is 15.9 Å². The van der Waals surface area contributed by atoms with Gasteiger partial charge >= 0.3 is 0 Å². The van der Waals surface area contributed by atoms with Crippen molar-refractivity contribution in [3.05, 3.63) is 81.7 Å². The van der Waals surface area contributed by atoms with Crippen molar-refractivity contribution in [2.75, 3.05) is 0 Å². The molecule has 0 aliphatic heterocycles. The molecule has 5 heteroatoms. The molecule has 2 aromatic carbocycles. The van der Waals surface area contributed by atoms with Gasteiger partial charge in [-0.15, -0.1) is 0 Å². The number of hydrogen-bond acceptors (Lipinski definition) is 3. The zero-order valence-corrected chi connectivity index (χ0v) is 10.3. The van der Waals surface area contributed by atoms with Crippen molar-refractivity contribution >= 4 is 17.5 Å². The van der Waals surface area contributed by atoms with Gasteiger partial charge in [0.2, 0.25) is 0 Å². The second kappa shape index (κ2) is 5.88. The van der Waals surface area contributed by atoms with Gasteiger partial charge in [0, 0.05) is 17.7 Å². The average Bonchev–Trinajstić information content (AvgIpc) is 2.45. The summed E-state index contributed by atoms with van der Waals surface area (Å²) in [6.07, 6.45) is 2.79. The first-order chi connectivity index (χ1) is 9.56. The predicted octanol–water partition coefficient (Wildman–Crippen LogP) is 3.63. The lowest BCUT2D eigenvalue weighted by Crippen LogP contribution is -1.95. The highest BCUT2D eigenvalue weighted by Gasteiger charge is 2.07. The molecule has 0 aliphatic carbocycles. The molecule has 0 heterocycles. The second-order valence-electron chi connectivity index (χ2n) is 4.06. The summed E-state index contributed by atoms with van der Waals surface area (Å²) in [7, 11) is 0. The van der Waals surface area contributed by atoms with Gasteiger partial charge in [-0.3, -0.25) is 14.9 Å². The van der Waals surface area contributed by atoms with Crippen molar-refractivity contribution in [2.45, 2.75) is 0 Å². The fraction of sp³-hybridized carbons (Fsp3) is 0. The Balaban J connectivity index is 2.13. The van der Waals surface area contributed by atoms with Crippen LogP contribution in [0.15, 0.2) is 54.6 Å². The minimum Gasteiger partial charge on any atom is -0.289 e. The molecular formula is C15H10FNO3. The maximum Gasteiger partial charge on any atom is 0.269 e. The maximum absolute atomic E-state index is 13.0. The third kappa shape index (κ3) is 3.35. The molecule has 2 rings (SSSR count). The summed E-state index contributed by atoms with van der Waals surface area (Å²) in [6.45, 7) is 0. The third-order valence-corrected chi connectivity index (χ3v) is 2.64. The average molecular weight is 271 g/mol.